The van der Waals surface area contributed by atoms with Crippen molar-refractivity contribution in [3.05, 3.63) is 39.8 Å². The predicted molar refractivity (Wildman–Crippen MR) is 84.0 cm³/mol. The van der Waals surface area contributed by atoms with Crippen LogP contribution in [-0.2, 0) is 26.2 Å². The first kappa shape index (κ1) is 27.2. The van der Waals surface area contributed by atoms with Crippen molar-refractivity contribution in [2.24, 2.45) is 0 Å². The zero-order valence-corrected chi connectivity index (χ0v) is 17.4. The van der Waals surface area contributed by atoms with Crippen molar-refractivity contribution in [3.63, 3.8) is 0 Å². The van der Waals surface area contributed by atoms with E-state index < -0.39 is 14.3 Å². The Kier molecular flexibility index (Phi) is 39.8. The largest absolute Gasteiger partial charge is 4.00 e. The van der Waals surface area contributed by atoms with Crippen LogP contribution in [0.5, 0.6) is 0 Å². The van der Waals surface area contributed by atoms with Crippen molar-refractivity contribution in [1.82, 2.24) is 0 Å². The molecule has 0 aromatic carbocycles. The van der Waals surface area contributed by atoms with Crippen LogP contribution in [0.1, 0.15) is 27.2 Å². The van der Waals surface area contributed by atoms with Crippen molar-refractivity contribution in [2.45, 2.75) is 38.7 Å². The number of hydrogen-bond acceptors (Lipinski definition) is 0. The second kappa shape index (κ2) is 26.4. The predicted octanol–water partition coefficient (Wildman–Crippen LogP) is 4.87. The summed E-state index contributed by atoms with van der Waals surface area (Å²) in [7, 11) is 0. The van der Waals surface area contributed by atoms with E-state index in [2.05, 4.69) is 29.7 Å². The fraction of sp³-hybridized carbons (Fsp3) is 0.692. The SMILES string of the molecule is CC[NH-].CC[NH-].CC[NH-].[CH3][GeH]([CH3])[C]1=[C-]CC=C1.[Zr+4]. The van der Waals surface area contributed by atoms with Gasteiger partial charge < -0.3 is 17.2 Å². The van der Waals surface area contributed by atoms with Gasteiger partial charge in [0.2, 0.25) is 0 Å². The van der Waals surface area contributed by atoms with E-state index in [4.69, 9.17) is 17.2 Å². The summed E-state index contributed by atoms with van der Waals surface area (Å²) in [5.74, 6) is 4.76. The van der Waals surface area contributed by atoms with E-state index >= 15 is 0 Å². The molecule has 0 spiro atoms. The van der Waals surface area contributed by atoms with E-state index in [1.165, 1.54) is 0 Å². The molecule has 1 aliphatic carbocycles. The van der Waals surface area contributed by atoms with Crippen molar-refractivity contribution < 1.29 is 26.2 Å². The zero-order valence-electron chi connectivity index (χ0n) is 12.6. The van der Waals surface area contributed by atoms with E-state index in [1.807, 2.05) is 0 Å². The molecule has 0 bridgehead atoms. The van der Waals surface area contributed by atoms with Gasteiger partial charge in [-0.1, -0.05) is 20.8 Å². The third-order valence-electron chi connectivity index (χ3n) is 1.34. The van der Waals surface area contributed by atoms with Crippen LogP contribution in [0.3, 0.4) is 0 Å². The third-order valence-corrected chi connectivity index (χ3v) is 4.79. The number of allylic oxidation sites excluding steroid dienone is 4. The Labute approximate surface area is 138 Å². The molecule has 1 rings (SSSR count). The van der Waals surface area contributed by atoms with Gasteiger partial charge >= 0.3 is 81.1 Å². The summed E-state index contributed by atoms with van der Waals surface area (Å²) in [6, 6.07) is 0. The Bertz CT molecular complexity index is 178. The second-order valence-electron chi connectivity index (χ2n) is 3.45. The van der Waals surface area contributed by atoms with E-state index in [-0.39, 0.29) is 26.2 Å². The first-order valence-electron chi connectivity index (χ1n) is 6.26. The van der Waals surface area contributed by atoms with Crippen molar-refractivity contribution in [3.8, 4) is 0 Å². The van der Waals surface area contributed by atoms with Crippen molar-refractivity contribution in [1.29, 1.82) is 0 Å². The molecule has 0 amide bonds. The van der Waals surface area contributed by atoms with Crippen LogP contribution < -0.4 is 0 Å². The van der Waals surface area contributed by atoms with E-state index in [0.717, 1.165) is 6.42 Å². The topological polar surface area (TPSA) is 71.4 Å². The Morgan fingerprint density at radius 2 is 1.39 bits per heavy atom. The Morgan fingerprint density at radius 1 is 1.06 bits per heavy atom. The van der Waals surface area contributed by atoms with Gasteiger partial charge in [0.25, 0.3) is 0 Å². The molecule has 0 saturated carbocycles. The Balaban J connectivity index is -0.0000000840. The fourth-order valence-electron chi connectivity index (χ4n) is 0.818. The minimum absolute atomic E-state index is 0. The van der Waals surface area contributed by atoms with Crippen LogP contribution in [0.4, 0.5) is 0 Å². The molecule has 104 valence electrons. The normalized spacial score (nSPS) is 10.8. The molecule has 0 saturated heterocycles. The molecule has 0 aromatic heterocycles. The molecule has 3 nitrogen and oxygen atoms in total. The minimum Gasteiger partial charge on any atom is 4.00 e. The summed E-state index contributed by atoms with van der Waals surface area (Å²) in [6.07, 6.45) is 8.85. The average Bonchev–Trinajstić information content (AvgIpc) is 2.73. The summed E-state index contributed by atoms with van der Waals surface area (Å²) in [4.78, 5) is 0. The van der Waals surface area contributed by atoms with Crippen LogP contribution in [0.15, 0.2) is 16.6 Å². The molecular weight excluding hydrogens is 362 g/mol. The summed E-state index contributed by atoms with van der Waals surface area (Å²) in [5.41, 5.74) is 18.6. The molecule has 18 heavy (non-hydrogen) atoms. The maximum atomic E-state index is 6.21. The molecule has 0 atom stereocenters. The van der Waals surface area contributed by atoms with Gasteiger partial charge in [-0.15, -0.1) is 0 Å². The monoisotopic (exact) mass is 391 g/mol. The van der Waals surface area contributed by atoms with E-state index in [9.17, 15) is 0 Å². The average molecular weight is 391 g/mol. The maximum Gasteiger partial charge on any atom is 4.00 e. The molecular formula is C13H29GeN3Zr. The molecule has 3 N–H and O–H groups in total. The maximum absolute atomic E-state index is 6.21. The van der Waals surface area contributed by atoms with Gasteiger partial charge in [-0.3, -0.25) is 0 Å². The number of rotatable bonds is 1. The third kappa shape index (κ3) is 30.1. The molecule has 0 fully saturated rings. The Hall–Kier alpha value is 0.786. The molecule has 0 aliphatic heterocycles. The molecule has 0 unspecified atom stereocenters. The first-order chi connectivity index (χ1) is 8.05. The summed E-state index contributed by atoms with van der Waals surface area (Å²) in [6.45, 7) is 6.88. The van der Waals surface area contributed by atoms with Gasteiger partial charge in [0, 0.05) is 0 Å². The quantitative estimate of drug-likeness (QED) is 0.452. The van der Waals surface area contributed by atoms with Gasteiger partial charge in [0.1, 0.15) is 0 Å². The molecule has 0 aromatic rings. The number of hydrogen-bond donors (Lipinski definition) is 0. The van der Waals surface area contributed by atoms with Crippen LogP contribution in [0, 0.1) is 6.08 Å². The Morgan fingerprint density at radius 3 is 1.50 bits per heavy atom. The summed E-state index contributed by atoms with van der Waals surface area (Å²) >= 11 is -0.912. The van der Waals surface area contributed by atoms with Crippen molar-refractivity contribution in [2.75, 3.05) is 19.6 Å². The smallest absolute Gasteiger partial charge is 4.00 e. The van der Waals surface area contributed by atoms with Gasteiger partial charge in [-0.25, -0.2) is 0 Å². The molecule has 0 heterocycles. The van der Waals surface area contributed by atoms with Crippen LogP contribution in [0.25, 0.3) is 17.2 Å². The van der Waals surface area contributed by atoms with Crippen LogP contribution in [0.2, 0.25) is 11.5 Å². The second-order valence-corrected chi connectivity index (χ2v) is 9.60. The van der Waals surface area contributed by atoms with E-state index in [0.29, 0.717) is 19.6 Å². The molecule has 1 aliphatic rings. The minimum atomic E-state index is -0.912. The molecule has 5 heteroatoms. The number of nitrogens with one attached hydrogen (secondary N) is 3. The van der Waals surface area contributed by atoms with E-state index in [1.54, 1.807) is 25.2 Å². The summed E-state index contributed by atoms with van der Waals surface area (Å²) in [5, 5.41) is 0. The zero-order chi connectivity index (χ0) is 14.1. The van der Waals surface area contributed by atoms with Gasteiger partial charge in [0.05, 0.1) is 0 Å². The van der Waals surface area contributed by atoms with Crippen molar-refractivity contribution >= 4 is 14.3 Å². The van der Waals surface area contributed by atoms with Gasteiger partial charge in [0.15, 0.2) is 0 Å². The van der Waals surface area contributed by atoms with Gasteiger partial charge in [-0.05, 0) is 0 Å². The first-order valence-corrected chi connectivity index (χ1v) is 12.3. The molecule has 0 radical (unpaired) electrons. The van der Waals surface area contributed by atoms with Crippen LogP contribution in [-0.4, -0.2) is 34.0 Å². The van der Waals surface area contributed by atoms with Gasteiger partial charge in [-0.2, -0.15) is 19.6 Å². The van der Waals surface area contributed by atoms with Crippen LogP contribution >= 0.6 is 0 Å². The standard InChI is InChI=1S/C7H11Ge.3C2H6N.Zr/c1-8(2)7-5-3-4-6-7;3*1-2-3;/h3,5,8H,4H2,1-2H3;3*3H,2H2,1H3;/q4*-1;+4. The fourth-order valence-corrected chi connectivity index (χ4v) is 3.02. The summed E-state index contributed by atoms with van der Waals surface area (Å²) < 4.78 is 1.55.